The molecule has 0 atom stereocenters. The van der Waals surface area contributed by atoms with Crippen molar-refractivity contribution in [3.63, 3.8) is 0 Å². The van der Waals surface area contributed by atoms with Gasteiger partial charge >= 0.3 is 0 Å². The highest BCUT2D eigenvalue weighted by molar-refractivity contribution is 7.71. The van der Waals surface area contributed by atoms with Crippen molar-refractivity contribution in [3.05, 3.63) is 52.8 Å². The summed E-state index contributed by atoms with van der Waals surface area (Å²) in [7, 11) is 3.21. The van der Waals surface area contributed by atoms with Crippen LogP contribution in [0.4, 0.5) is 0 Å². The maximum Gasteiger partial charge on any atom is 0.216 e. The summed E-state index contributed by atoms with van der Waals surface area (Å²) in [6.45, 7) is 2.56. The van der Waals surface area contributed by atoms with E-state index in [-0.39, 0.29) is 0 Å². The minimum absolute atomic E-state index is 0.391. The molecule has 1 heterocycles. The van der Waals surface area contributed by atoms with E-state index in [4.69, 9.17) is 26.4 Å². The molecule has 0 aliphatic heterocycles. The topological polar surface area (TPSA) is 73.7 Å². The maximum absolute atomic E-state index is 5.47. The average Bonchev–Trinajstić information content (AvgIpc) is 3.07. The normalized spacial score (nSPS) is 10.9. The zero-order valence-corrected chi connectivity index (χ0v) is 16.1. The molecule has 1 aromatic heterocycles. The lowest BCUT2D eigenvalue weighted by atomic mass is 10.2. The van der Waals surface area contributed by atoms with Crippen molar-refractivity contribution >= 4 is 18.4 Å². The molecule has 8 heteroatoms. The second-order valence-corrected chi connectivity index (χ2v) is 5.86. The predicted octanol–water partition coefficient (Wildman–Crippen LogP) is 3.91. The fraction of sp³-hybridized carbons (Fsp3) is 0.211. The van der Waals surface area contributed by atoms with Crippen LogP contribution in [0.25, 0.3) is 11.4 Å². The summed E-state index contributed by atoms with van der Waals surface area (Å²) in [5.74, 6) is 2.76. The first-order chi connectivity index (χ1) is 13.2. The van der Waals surface area contributed by atoms with Gasteiger partial charge in [0, 0.05) is 17.2 Å². The quantitative estimate of drug-likeness (QED) is 0.494. The van der Waals surface area contributed by atoms with Gasteiger partial charge < -0.3 is 14.2 Å². The fourth-order valence-electron chi connectivity index (χ4n) is 2.50. The molecule has 0 aliphatic rings. The average molecular weight is 384 g/mol. The van der Waals surface area contributed by atoms with Gasteiger partial charge in [-0.1, -0.05) is 0 Å². The number of methoxy groups -OCH3 is 2. The Balaban J connectivity index is 1.93. The molecule has 0 radical (unpaired) electrons. The lowest BCUT2D eigenvalue weighted by Gasteiger charge is -2.07. The molecule has 3 aromatic rings. The molecule has 27 heavy (non-hydrogen) atoms. The lowest BCUT2D eigenvalue weighted by Crippen LogP contribution is -1.97. The summed E-state index contributed by atoms with van der Waals surface area (Å²) in [5.41, 5.74) is 1.66. The third kappa shape index (κ3) is 4.17. The maximum atomic E-state index is 5.47. The molecule has 3 rings (SSSR count). The Morgan fingerprint density at radius 2 is 1.85 bits per heavy atom. The van der Waals surface area contributed by atoms with Crippen LogP contribution in [-0.2, 0) is 0 Å². The SMILES string of the molecule is CCOc1ccc(-c2n[nH]c(=S)n2/N=C\c2ccc(OC)cc2OC)cc1. The summed E-state index contributed by atoms with van der Waals surface area (Å²) in [5, 5.41) is 11.5. The number of benzene rings is 2. The van der Waals surface area contributed by atoms with Crippen LogP contribution < -0.4 is 14.2 Å². The van der Waals surface area contributed by atoms with Crippen molar-refractivity contribution < 1.29 is 14.2 Å². The Bertz CT molecular complexity index is 993. The molecule has 140 valence electrons. The Labute approximate surface area is 162 Å². The van der Waals surface area contributed by atoms with Crippen LogP contribution in [0.15, 0.2) is 47.6 Å². The molecule has 1 N–H and O–H groups in total. The van der Waals surface area contributed by atoms with Gasteiger partial charge in [-0.25, -0.2) is 5.10 Å². The van der Waals surface area contributed by atoms with E-state index in [1.54, 1.807) is 31.2 Å². The first kappa shape index (κ1) is 18.7. The van der Waals surface area contributed by atoms with Crippen LogP contribution in [0, 0.1) is 4.77 Å². The number of H-pyrrole nitrogens is 1. The third-order valence-corrected chi connectivity index (χ3v) is 4.09. The Morgan fingerprint density at radius 1 is 1.11 bits per heavy atom. The number of nitrogens with zero attached hydrogens (tertiary/aromatic N) is 3. The Kier molecular flexibility index (Phi) is 5.87. The van der Waals surface area contributed by atoms with Gasteiger partial charge in [-0.15, -0.1) is 0 Å². The lowest BCUT2D eigenvalue weighted by molar-refractivity contribution is 0.340. The second kappa shape index (κ2) is 8.50. The van der Waals surface area contributed by atoms with Gasteiger partial charge in [0.05, 0.1) is 27.0 Å². The molecule has 7 nitrogen and oxygen atoms in total. The van der Waals surface area contributed by atoms with Gasteiger partial charge in [0.25, 0.3) is 0 Å². The molecule has 0 saturated carbocycles. The van der Waals surface area contributed by atoms with Crippen molar-refractivity contribution in [3.8, 4) is 28.6 Å². The van der Waals surface area contributed by atoms with Gasteiger partial charge in [0.15, 0.2) is 5.82 Å². The summed E-state index contributed by atoms with van der Waals surface area (Å²) in [6, 6.07) is 13.1. The zero-order valence-electron chi connectivity index (χ0n) is 15.3. The second-order valence-electron chi connectivity index (χ2n) is 5.47. The first-order valence-electron chi connectivity index (χ1n) is 8.33. The van der Waals surface area contributed by atoms with Gasteiger partial charge in [-0.2, -0.15) is 14.9 Å². The number of ether oxygens (including phenoxy) is 3. The molecule has 2 aromatic carbocycles. The molecule has 0 saturated heterocycles. The standard InChI is InChI=1S/C19H20N4O3S/c1-4-26-15-8-5-13(6-9-15)18-21-22-19(27)23(18)20-12-14-7-10-16(24-2)11-17(14)25-3/h5-12H,4H2,1-3H3,(H,22,27)/b20-12-. The van der Waals surface area contributed by atoms with Crippen molar-refractivity contribution in [2.24, 2.45) is 5.10 Å². The highest BCUT2D eigenvalue weighted by Gasteiger charge is 2.09. The molecule has 0 unspecified atom stereocenters. The predicted molar refractivity (Wildman–Crippen MR) is 107 cm³/mol. The van der Waals surface area contributed by atoms with Crippen molar-refractivity contribution in [1.82, 2.24) is 14.9 Å². The number of aromatic nitrogens is 3. The van der Waals surface area contributed by atoms with Crippen LogP contribution in [0.5, 0.6) is 17.2 Å². The largest absolute Gasteiger partial charge is 0.497 e. The van der Waals surface area contributed by atoms with Crippen LogP contribution in [0.2, 0.25) is 0 Å². The highest BCUT2D eigenvalue weighted by Crippen LogP contribution is 2.24. The number of hydrogen-bond acceptors (Lipinski definition) is 6. The fourth-order valence-corrected chi connectivity index (χ4v) is 2.68. The van der Waals surface area contributed by atoms with Crippen molar-refractivity contribution in [2.45, 2.75) is 6.92 Å². The smallest absolute Gasteiger partial charge is 0.216 e. The molecular weight excluding hydrogens is 364 g/mol. The van der Waals surface area contributed by atoms with E-state index < -0.39 is 0 Å². The number of hydrogen-bond donors (Lipinski definition) is 1. The molecule has 0 aliphatic carbocycles. The minimum atomic E-state index is 0.391. The molecular formula is C19H20N4O3S. The Morgan fingerprint density at radius 3 is 2.52 bits per heavy atom. The van der Waals surface area contributed by atoms with Crippen LogP contribution in [-0.4, -0.2) is 41.9 Å². The minimum Gasteiger partial charge on any atom is -0.497 e. The third-order valence-electron chi connectivity index (χ3n) is 3.83. The van der Waals surface area contributed by atoms with Gasteiger partial charge in [-0.05, 0) is 55.5 Å². The molecule has 0 spiro atoms. The number of nitrogens with one attached hydrogen (secondary N) is 1. The number of rotatable bonds is 7. The van der Waals surface area contributed by atoms with E-state index in [2.05, 4.69) is 15.3 Å². The van der Waals surface area contributed by atoms with Crippen LogP contribution in [0.1, 0.15) is 12.5 Å². The molecule has 0 bridgehead atoms. The summed E-state index contributed by atoms with van der Waals surface area (Å²) in [6.07, 6.45) is 1.67. The highest BCUT2D eigenvalue weighted by atomic mass is 32.1. The van der Waals surface area contributed by atoms with Crippen molar-refractivity contribution in [1.29, 1.82) is 0 Å². The van der Waals surface area contributed by atoms with Crippen LogP contribution in [0.3, 0.4) is 0 Å². The zero-order chi connectivity index (χ0) is 19.2. The van der Waals surface area contributed by atoms with Crippen molar-refractivity contribution in [2.75, 3.05) is 20.8 Å². The first-order valence-corrected chi connectivity index (χ1v) is 8.74. The van der Waals surface area contributed by atoms with E-state index in [0.29, 0.717) is 28.7 Å². The Hall–Kier alpha value is -3.13. The van der Waals surface area contributed by atoms with E-state index in [1.165, 1.54) is 0 Å². The molecule has 0 amide bonds. The summed E-state index contributed by atoms with van der Waals surface area (Å²) >= 11 is 5.31. The van der Waals surface area contributed by atoms with E-state index in [0.717, 1.165) is 16.9 Å². The summed E-state index contributed by atoms with van der Waals surface area (Å²) in [4.78, 5) is 0. The van der Waals surface area contributed by atoms with E-state index in [1.807, 2.05) is 43.3 Å². The van der Waals surface area contributed by atoms with Gasteiger partial charge in [-0.3, -0.25) is 0 Å². The monoisotopic (exact) mass is 384 g/mol. The van der Waals surface area contributed by atoms with Gasteiger partial charge in [0.1, 0.15) is 17.2 Å². The van der Waals surface area contributed by atoms with E-state index >= 15 is 0 Å². The molecule has 0 fully saturated rings. The van der Waals surface area contributed by atoms with E-state index in [9.17, 15) is 0 Å². The summed E-state index contributed by atoms with van der Waals surface area (Å²) < 4.78 is 18.0. The van der Waals surface area contributed by atoms with Gasteiger partial charge in [0.2, 0.25) is 4.77 Å². The number of aromatic amines is 1. The van der Waals surface area contributed by atoms with Crippen LogP contribution >= 0.6 is 12.2 Å².